The van der Waals surface area contributed by atoms with Crippen molar-refractivity contribution in [1.82, 2.24) is 0 Å². The van der Waals surface area contributed by atoms with Crippen LogP contribution in [0.3, 0.4) is 0 Å². The lowest BCUT2D eigenvalue weighted by atomic mass is 9.61. The Kier molecular flexibility index (Phi) is 5.77. The fourth-order valence-electron chi connectivity index (χ4n) is 4.88. The van der Waals surface area contributed by atoms with Crippen molar-refractivity contribution in [1.29, 1.82) is 0 Å². The van der Waals surface area contributed by atoms with Gasteiger partial charge in [0.15, 0.2) is 5.71 Å². The van der Waals surface area contributed by atoms with Crippen LogP contribution in [0.5, 0.6) is 0 Å². The van der Waals surface area contributed by atoms with Gasteiger partial charge in [-0.05, 0) is 64.1 Å². The maximum absolute atomic E-state index is 15.0. The van der Waals surface area contributed by atoms with Crippen molar-refractivity contribution in [3.05, 3.63) is 94.1 Å². The number of halogens is 6. The summed E-state index contributed by atoms with van der Waals surface area (Å²) in [5.74, 6) is 0. The summed E-state index contributed by atoms with van der Waals surface area (Å²) in [6, 6.07) is 11.0. The molecule has 8 heteroatoms. The lowest BCUT2D eigenvalue weighted by Gasteiger charge is -2.45. The number of fused-ring (bicyclic) bond motifs is 2. The Hall–Kier alpha value is -3.29. The minimum Gasteiger partial charge on any atom is -0.378 e. The predicted octanol–water partition coefficient (Wildman–Crippen LogP) is 6.45. The molecule has 0 spiro atoms. The van der Waals surface area contributed by atoms with Gasteiger partial charge in [0.05, 0.1) is 0 Å². The fourth-order valence-corrected chi connectivity index (χ4v) is 4.88. The third-order valence-corrected chi connectivity index (χ3v) is 6.65. The molecule has 184 valence electrons. The summed E-state index contributed by atoms with van der Waals surface area (Å²) in [4.78, 5) is 1.50. The number of alkyl halides is 6. The van der Waals surface area contributed by atoms with Crippen molar-refractivity contribution in [2.24, 2.45) is 0 Å². The highest BCUT2D eigenvalue weighted by Crippen LogP contribution is 2.63. The zero-order valence-corrected chi connectivity index (χ0v) is 19.9. The van der Waals surface area contributed by atoms with Crippen LogP contribution < -0.4 is 4.90 Å². The van der Waals surface area contributed by atoms with E-state index in [1.54, 1.807) is 71.5 Å². The molecule has 0 saturated heterocycles. The summed E-state index contributed by atoms with van der Waals surface area (Å²) in [7, 11) is 6.32. The molecule has 2 nitrogen and oxygen atoms in total. The Bertz CT molecular complexity index is 1300. The van der Waals surface area contributed by atoms with Gasteiger partial charge in [0.1, 0.15) is 14.1 Å². The molecular weight excluding hydrogens is 466 g/mol. The maximum atomic E-state index is 15.0. The van der Waals surface area contributed by atoms with Gasteiger partial charge < -0.3 is 4.90 Å². The molecule has 0 radical (unpaired) electrons. The van der Waals surface area contributed by atoms with E-state index < -0.39 is 28.9 Å². The van der Waals surface area contributed by atoms with Gasteiger partial charge in [-0.25, -0.2) is 4.58 Å². The number of allylic oxidation sites excluding steroid dienone is 5. The Morgan fingerprint density at radius 1 is 0.829 bits per heavy atom. The molecule has 0 amide bonds. The van der Waals surface area contributed by atoms with Crippen molar-refractivity contribution >= 4 is 17.0 Å². The normalized spacial score (nSPS) is 17.1. The molecule has 2 aliphatic carbocycles. The molecule has 0 aliphatic heterocycles. The molecule has 0 fully saturated rings. The van der Waals surface area contributed by atoms with Gasteiger partial charge >= 0.3 is 12.4 Å². The van der Waals surface area contributed by atoms with Crippen LogP contribution in [-0.4, -0.2) is 50.8 Å². The molecule has 0 N–H and O–H groups in total. The van der Waals surface area contributed by atoms with Crippen LogP contribution >= 0.6 is 0 Å². The van der Waals surface area contributed by atoms with Gasteiger partial charge in [-0.2, -0.15) is 26.3 Å². The number of aryl methyl sites for hydroxylation is 1. The Morgan fingerprint density at radius 2 is 1.46 bits per heavy atom. The van der Waals surface area contributed by atoms with Crippen molar-refractivity contribution in [3.63, 3.8) is 0 Å². The summed E-state index contributed by atoms with van der Waals surface area (Å²) in [5.41, 5.74) is -3.80. The number of benzene rings is 2. The highest BCUT2D eigenvalue weighted by Gasteiger charge is 2.75. The van der Waals surface area contributed by atoms with Gasteiger partial charge in [-0.15, -0.1) is 0 Å². The van der Waals surface area contributed by atoms with Crippen molar-refractivity contribution in [2.45, 2.75) is 24.7 Å². The molecule has 0 bridgehead atoms. The molecular formula is C27H25F6N2+. The topological polar surface area (TPSA) is 6.25 Å². The first kappa shape index (κ1) is 24.8. The summed E-state index contributed by atoms with van der Waals surface area (Å²) in [5, 5.41) is 0. The van der Waals surface area contributed by atoms with E-state index in [9.17, 15) is 26.3 Å². The van der Waals surface area contributed by atoms with Gasteiger partial charge in [-0.3, -0.25) is 0 Å². The summed E-state index contributed by atoms with van der Waals surface area (Å²) >= 11 is 0. The van der Waals surface area contributed by atoms with Crippen LogP contribution in [0.4, 0.5) is 32.0 Å². The van der Waals surface area contributed by atoms with E-state index in [0.717, 1.165) is 17.7 Å². The minimum absolute atomic E-state index is 0.0790. The first-order valence-corrected chi connectivity index (χ1v) is 10.9. The van der Waals surface area contributed by atoms with E-state index in [0.29, 0.717) is 11.1 Å². The average molecular weight is 491 g/mol. The lowest BCUT2D eigenvalue weighted by molar-refractivity contribution is -0.462. The van der Waals surface area contributed by atoms with Gasteiger partial charge in [0.25, 0.3) is 0 Å². The van der Waals surface area contributed by atoms with Gasteiger partial charge in [0.2, 0.25) is 5.41 Å². The lowest BCUT2D eigenvalue weighted by Crippen LogP contribution is -2.57. The second kappa shape index (κ2) is 8.14. The van der Waals surface area contributed by atoms with E-state index in [1.165, 1.54) is 21.6 Å². The number of rotatable bonds is 2. The van der Waals surface area contributed by atoms with E-state index in [1.807, 2.05) is 0 Å². The zero-order chi connectivity index (χ0) is 25.9. The van der Waals surface area contributed by atoms with Crippen LogP contribution in [0.2, 0.25) is 0 Å². The van der Waals surface area contributed by atoms with E-state index >= 15 is 0 Å². The highest BCUT2D eigenvalue weighted by molar-refractivity contribution is 6.07. The molecule has 4 rings (SSSR count). The second-order valence-corrected chi connectivity index (χ2v) is 9.18. The number of nitrogens with zero attached hydrogens (tertiary/aromatic N) is 2. The molecule has 0 saturated carbocycles. The van der Waals surface area contributed by atoms with Crippen LogP contribution in [0.25, 0.3) is 5.57 Å². The third kappa shape index (κ3) is 3.61. The standard InChI is InChI=1S/C27H25F6N2/c1-16-8-6-7-9-19(16)24-20-12-10-17(34(2)3)14-22(20)25(26(28,29)30,27(31,32)33)23-15-18(35(4)5)11-13-21(23)24/h6-15H,1-5H3/q+1. The van der Waals surface area contributed by atoms with E-state index in [-0.39, 0.29) is 22.5 Å². The van der Waals surface area contributed by atoms with Crippen molar-refractivity contribution < 1.29 is 30.9 Å². The molecule has 0 atom stereocenters. The first-order chi connectivity index (χ1) is 16.2. The number of hydrogen-bond donors (Lipinski definition) is 0. The van der Waals surface area contributed by atoms with Crippen LogP contribution in [0, 0.1) is 6.92 Å². The van der Waals surface area contributed by atoms with Crippen LogP contribution in [0.1, 0.15) is 22.3 Å². The van der Waals surface area contributed by atoms with Gasteiger partial charge in [-0.1, -0.05) is 30.3 Å². The zero-order valence-electron chi connectivity index (χ0n) is 19.9. The number of hydrogen-bond acceptors (Lipinski definition) is 1. The molecule has 0 heterocycles. The Balaban J connectivity index is 2.29. The predicted molar refractivity (Wildman–Crippen MR) is 126 cm³/mol. The first-order valence-electron chi connectivity index (χ1n) is 10.9. The molecule has 0 unspecified atom stereocenters. The number of anilines is 1. The monoisotopic (exact) mass is 491 g/mol. The second-order valence-electron chi connectivity index (χ2n) is 9.18. The summed E-state index contributed by atoms with van der Waals surface area (Å²) in [6.07, 6.45) is -7.35. The van der Waals surface area contributed by atoms with Gasteiger partial charge in [0, 0.05) is 31.9 Å². The van der Waals surface area contributed by atoms with E-state index in [2.05, 4.69) is 0 Å². The van der Waals surface area contributed by atoms with Crippen LogP contribution in [-0.2, 0) is 5.41 Å². The maximum Gasteiger partial charge on any atom is 0.411 e. The average Bonchev–Trinajstić information content (AvgIpc) is 2.75. The Labute approximate surface area is 200 Å². The quantitative estimate of drug-likeness (QED) is 0.346. The smallest absolute Gasteiger partial charge is 0.378 e. The molecule has 2 aliphatic rings. The highest BCUT2D eigenvalue weighted by atomic mass is 19.4. The van der Waals surface area contributed by atoms with Crippen molar-refractivity contribution in [3.8, 4) is 0 Å². The largest absolute Gasteiger partial charge is 0.411 e. The van der Waals surface area contributed by atoms with Crippen molar-refractivity contribution in [2.75, 3.05) is 33.1 Å². The molecule has 0 aromatic heterocycles. The third-order valence-electron chi connectivity index (χ3n) is 6.65. The van der Waals surface area contributed by atoms with E-state index in [4.69, 9.17) is 0 Å². The molecule has 2 aromatic carbocycles. The Morgan fingerprint density at radius 3 is 2.00 bits per heavy atom. The fraction of sp³-hybridized carbons (Fsp3) is 0.296. The van der Waals surface area contributed by atoms with Crippen LogP contribution in [0.15, 0.2) is 71.8 Å². The molecule has 2 aromatic rings. The SMILES string of the molecule is Cc1ccccc1C1=C2C=CC(=[N+](C)C)C=C2C(C(F)(F)F)(C(F)(F)F)c2cc(N(C)C)ccc21. The molecule has 35 heavy (non-hydrogen) atoms. The minimum atomic E-state index is -5.65. The summed E-state index contributed by atoms with van der Waals surface area (Å²) in [6.45, 7) is 1.79. The summed E-state index contributed by atoms with van der Waals surface area (Å²) < 4.78 is 91.3.